The zero-order chi connectivity index (χ0) is 19.6. The second kappa shape index (κ2) is 5.96. The highest BCUT2D eigenvalue weighted by Gasteiger charge is 2.28. The lowest BCUT2D eigenvalue weighted by Gasteiger charge is -2.12. The number of thiophene rings is 1. The molecule has 0 atom stereocenters. The molecule has 1 saturated carbocycles. The van der Waals surface area contributed by atoms with E-state index >= 15 is 0 Å². The van der Waals surface area contributed by atoms with Crippen LogP contribution in [-0.2, 0) is 7.05 Å². The first kappa shape index (κ1) is 17.1. The molecule has 8 nitrogen and oxygen atoms in total. The van der Waals surface area contributed by atoms with E-state index in [-0.39, 0.29) is 11.5 Å². The summed E-state index contributed by atoms with van der Waals surface area (Å²) in [6.45, 7) is 3.56. The monoisotopic (exact) mass is 394 g/mol. The van der Waals surface area contributed by atoms with Crippen LogP contribution < -0.4 is 11.0 Å². The van der Waals surface area contributed by atoms with Crippen LogP contribution >= 0.6 is 11.3 Å². The third kappa shape index (κ3) is 2.54. The second-order valence-corrected chi connectivity index (χ2v) is 8.05. The van der Waals surface area contributed by atoms with Crippen LogP contribution in [0.4, 0.5) is 0 Å². The molecule has 4 aromatic rings. The van der Waals surface area contributed by atoms with Crippen molar-refractivity contribution in [1.82, 2.24) is 24.4 Å². The smallest absolute Gasteiger partial charge is 0.267 e. The van der Waals surface area contributed by atoms with E-state index in [2.05, 4.69) is 15.5 Å². The van der Waals surface area contributed by atoms with Crippen LogP contribution in [-0.4, -0.2) is 30.3 Å². The Morgan fingerprint density at radius 3 is 2.82 bits per heavy atom. The first-order valence-electron chi connectivity index (χ1n) is 9.06. The Labute approximate surface area is 163 Å². The normalized spacial score (nSPS) is 14.1. The van der Waals surface area contributed by atoms with Crippen LogP contribution in [0.1, 0.15) is 46.3 Å². The number of nitrogens with zero attached hydrogens (tertiary/aromatic N) is 5. The Hall–Kier alpha value is -3.07. The van der Waals surface area contributed by atoms with Crippen LogP contribution in [0.2, 0.25) is 0 Å². The summed E-state index contributed by atoms with van der Waals surface area (Å²) < 4.78 is 2.91. The summed E-state index contributed by atoms with van der Waals surface area (Å²) >= 11 is 1.40. The number of amides is 1. The maximum atomic E-state index is 13.2. The molecular formula is C19H18N6O2S. The van der Waals surface area contributed by atoms with Crippen molar-refractivity contribution >= 4 is 38.5 Å². The zero-order valence-corrected chi connectivity index (χ0v) is 16.5. The number of carbonyl (C=O) groups excluding carboxylic acids is 1. The number of aryl methyl sites for hydroxylation is 3. The third-order valence-corrected chi connectivity index (χ3v) is 5.91. The van der Waals surface area contributed by atoms with Crippen LogP contribution in [0.25, 0.3) is 21.3 Å². The lowest BCUT2D eigenvalue weighted by atomic mass is 10.1. The Morgan fingerprint density at radius 2 is 2.07 bits per heavy atom. The molecule has 0 saturated heterocycles. The Balaban J connectivity index is 1.65. The molecule has 4 aromatic heterocycles. The SMILES string of the molecule is Cc1nn(C)c2nc(C3CC3)cc(C(=O)Nn3c(C)nc4sccc4c3=O)c12. The van der Waals surface area contributed by atoms with Gasteiger partial charge in [-0.25, -0.2) is 14.6 Å². The van der Waals surface area contributed by atoms with Gasteiger partial charge < -0.3 is 0 Å². The maximum absolute atomic E-state index is 13.2. The van der Waals surface area contributed by atoms with Crippen molar-refractivity contribution in [2.75, 3.05) is 5.43 Å². The summed E-state index contributed by atoms with van der Waals surface area (Å²) in [5, 5.41) is 7.44. The highest BCUT2D eigenvalue weighted by atomic mass is 32.1. The summed E-state index contributed by atoms with van der Waals surface area (Å²) in [6, 6.07) is 3.56. The summed E-state index contributed by atoms with van der Waals surface area (Å²) in [7, 11) is 1.82. The van der Waals surface area contributed by atoms with Gasteiger partial charge in [0.15, 0.2) is 5.65 Å². The van der Waals surface area contributed by atoms with Gasteiger partial charge in [-0.2, -0.15) is 5.10 Å². The maximum Gasteiger partial charge on any atom is 0.281 e. The van der Waals surface area contributed by atoms with Gasteiger partial charge >= 0.3 is 0 Å². The van der Waals surface area contributed by atoms with Gasteiger partial charge in [-0.3, -0.25) is 19.7 Å². The van der Waals surface area contributed by atoms with Crippen molar-refractivity contribution in [2.24, 2.45) is 7.05 Å². The number of carbonyl (C=O) groups is 1. The van der Waals surface area contributed by atoms with Crippen LogP contribution in [0.5, 0.6) is 0 Å². The number of hydrogen-bond acceptors (Lipinski definition) is 6. The average molecular weight is 394 g/mol. The van der Waals surface area contributed by atoms with E-state index in [4.69, 9.17) is 4.98 Å². The lowest BCUT2D eigenvalue weighted by Crippen LogP contribution is -2.35. The van der Waals surface area contributed by atoms with E-state index in [0.29, 0.717) is 38.6 Å². The highest BCUT2D eigenvalue weighted by molar-refractivity contribution is 7.16. The topological polar surface area (TPSA) is 94.7 Å². The molecule has 1 N–H and O–H groups in total. The number of rotatable bonds is 3. The van der Waals surface area contributed by atoms with E-state index < -0.39 is 0 Å². The Bertz CT molecular complexity index is 1330. The molecule has 0 aromatic carbocycles. The molecule has 0 spiro atoms. The van der Waals surface area contributed by atoms with Gasteiger partial charge in [-0.05, 0) is 44.2 Å². The molecule has 0 unspecified atom stereocenters. The van der Waals surface area contributed by atoms with Crippen molar-refractivity contribution < 1.29 is 4.79 Å². The average Bonchev–Trinajstić information content (AvgIpc) is 3.35. The minimum atomic E-state index is -0.369. The van der Waals surface area contributed by atoms with E-state index in [1.165, 1.54) is 16.0 Å². The fourth-order valence-electron chi connectivity index (χ4n) is 3.54. The van der Waals surface area contributed by atoms with Gasteiger partial charge in [-0.1, -0.05) is 0 Å². The molecule has 0 radical (unpaired) electrons. The fraction of sp³-hybridized carbons (Fsp3) is 0.316. The standard InChI is InChI=1S/C19H18N6O2S/c1-9-15-13(8-14(11-4-5-11)21-16(15)24(3)22-9)17(26)23-25-10(2)20-18-12(19(25)27)6-7-28-18/h6-8,11H,4-5H2,1-3H3,(H,23,26). The lowest BCUT2D eigenvalue weighted by molar-refractivity contribution is 0.101. The van der Waals surface area contributed by atoms with Crippen molar-refractivity contribution in [3.8, 4) is 0 Å². The number of fused-ring (bicyclic) bond motifs is 2. The molecule has 5 rings (SSSR count). The summed E-state index contributed by atoms with van der Waals surface area (Å²) in [5.74, 6) is 0.454. The molecule has 0 bridgehead atoms. The van der Waals surface area contributed by atoms with Gasteiger partial charge in [-0.15, -0.1) is 11.3 Å². The van der Waals surface area contributed by atoms with Crippen molar-refractivity contribution in [3.05, 3.63) is 50.6 Å². The number of nitrogens with one attached hydrogen (secondary N) is 1. The molecule has 1 aliphatic carbocycles. The van der Waals surface area contributed by atoms with E-state index in [1.54, 1.807) is 17.7 Å². The molecule has 142 valence electrons. The number of pyridine rings is 1. The highest BCUT2D eigenvalue weighted by Crippen LogP contribution is 2.40. The molecule has 1 amide bonds. The van der Waals surface area contributed by atoms with Gasteiger partial charge in [0, 0.05) is 18.7 Å². The second-order valence-electron chi connectivity index (χ2n) is 7.16. The van der Waals surface area contributed by atoms with Gasteiger partial charge in [0.05, 0.1) is 22.0 Å². The van der Waals surface area contributed by atoms with Gasteiger partial charge in [0.2, 0.25) is 0 Å². The molecule has 0 aliphatic heterocycles. The Kier molecular flexibility index (Phi) is 3.63. The largest absolute Gasteiger partial charge is 0.281 e. The van der Waals surface area contributed by atoms with E-state index in [9.17, 15) is 9.59 Å². The van der Waals surface area contributed by atoms with Crippen LogP contribution in [0.15, 0.2) is 22.3 Å². The van der Waals surface area contributed by atoms with Crippen molar-refractivity contribution in [2.45, 2.75) is 32.6 Å². The van der Waals surface area contributed by atoms with Crippen molar-refractivity contribution in [1.29, 1.82) is 0 Å². The zero-order valence-electron chi connectivity index (χ0n) is 15.7. The molecule has 4 heterocycles. The van der Waals surface area contributed by atoms with Crippen molar-refractivity contribution in [3.63, 3.8) is 0 Å². The summed E-state index contributed by atoms with van der Waals surface area (Å²) in [5.41, 5.74) is 5.24. The van der Waals surface area contributed by atoms with Gasteiger partial charge in [0.25, 0.3) is 11.5 Å². The first-order chi connectivity index (χ1) is 13.4. The van der Waals surface area contributed by atoms with Gasteiger partial charge in [0.1, 0.15) is 10.7 Å². The van der Waals surface area contributed by atoms with Crippen LogP contribution in [0, 0.1) is 13.8 Å². The van der Waals surface area contributed by atoms with E-state index in [0.717, 1.165) is 24.2 Å². The fourth-order valence-corrected chi connectivity index (χ4v) is 4.34. The predicted molar refractivity (Wildman–Crippen MR) is 108 cm³/mol. The predicted octanol–water partition coefficient (Wildman–Crippen LogP) is 2.62. The summed E-state index contributed by atoms with van der Waals surface area (Å²) in [6.07, 6.45) is 2.15. The minimum absolute atomic E-state index is 0.285. The minimum Gasteiger partial charge on any atom is -0.267 e. The third-order valence-electron chi connectivity index (χ3n) is 5.11. The molecule has 9 heteroatoms. The molecular weight excluding hydrogens is 376 g/mol. The quantitative estimate of drug-likeness (QED) is 0.576. The van der Waals surface area contributed by atoms with E-state index in [1.807, 2.05) is 25.4 Å². The number of hydrogen-bond donors (Lipinski definition) is 1. The first-order valence-corrected chi connectivity index (χ1v) is 9.94. The molecule has 1 fully saturated rings. The molecule has 28 heavy (non-hydrogen) atoms. The molecule has 1 aliphatic rings. The summed E-state index contributed by atoms with van der Waals surface area (Å²) in [4.78, 5) is 35.8. The van der Waals surface area contributed by atoms with Crippen LogP contribution in [0.3, 0.4) is 0 Å². The number of aromatic nitrogens is 5. The Morgan fingerprint density at radius 1 is 1.29 bits per heavy atom.